The summed E-state index contributed by atoms with van der Waals surface area (Å²) in [4.78, 5) is 0. The van der Waals surface area contributed by atoms with Crippen molar-refractivity contribution in [2.24, 2.45) is 0 Å². The lowest BCUT2D eigenvalue weighted by Crippen LogP contribution is -2.15. The highest BCUT2D eigenvalue weighted by Gasteiger charge is 2.10. The molecule has 4 nitrogen and oxygen atoms in total. The number of ether oxygens (including phenoxy) is 1. The minimum atomic E-state index is -0.372. The molecular formula is C13H16FN3OS. The highest BCUT2D eigenvalue weighted by atomic mass is 32.1. The summed E-state index contributed by atoms with van der Waals surface area (Å²) < 4.78 is 18.3. The second-order valence-electron chi connectivity index (χ2n) is 3.95. The van der Waals surface area contributed by atoms with Gasteiger partial charge in [0.15, 0.2) is 11.6 Å². The maximum absolute atomic E-state index is 13.3. The summed E-state index contributed by atoms with van der Waals surface area (Å²) in [7, 11) is 1.45. The first-order valence-corrected chi connectivity index (χ1v) is 6.93. The van der Waals surface area contributed by atoms with E-state index >= 15 is 0 Å². The summed E-state index contributed by atoms with van der Waals surface area (Å²) in [6.07, 6.45) is 0.851. The Labute approximate surface area is 115 Å². The van der Waals surface area contributed by atoms with Crippen molar-refractivity contribution >= 4 is 11.3 Å². The zero-order valence-electron chi connectivity index (χ0n) is 10.9. The fraction of sp³-hybridized carbons (Fsp3) is 0.385. The fourth-order valence-corrected chi connectivity index (χ4v) is 2.47. The van der Waals surface area contributed by atoms with Crippen molar-refractivity contribution in [3.05, 3.63) is 29.0 Å². The van der Waals surface area contributed by atoms with Crippen LogP contribution < -0.4 is 10.1 Å². The van der Waals surface area contributed by atoms with E-state index in [2.05, 4.69) is 22.4 Å². The molecule has 0 saturated carbocycles. The molecule has 0 aliphatic rings. The summed E-state index contributed by atoms with van der Waals surface area (Å²) in [5, 5.41) is 13.3. The van der Waals surface area contributed by atoms with Crippen molar-refractivity contribution < 1.29 is 9.13 Å². The summed E-state index contributed by atoms with van der Waals surface area (Å²) in [6.45, 7) is 3.90. The molecule has 0 fully saturated rings. The van der Waals surface area contributed by atoms with E-state index in [1.807, 2.05) is 0 Å². The van der Waals surface area contributed by atoms with Crippen LogP contribution in [0.1, 0.15) is 11.9 Å². The molecular weight excluding hydrogens is 265 g/mol. The average Bonchev–Trinajstić information content (AvgIpc) is 2.88. The molecule has 0 aliphatic carbocycles. The molecule has 0 amide bonds. The second kappa shape index (κ2) is 6.58. The van der Waals surface area contributed by atoms with Crippen LogP contribution in [0.2, 0.25) is 0 Å². The zero-order chi connectivity index (χ0) is 13.7. The third kappa shape index (κ3) is 3.48. The number of hydrogen-bond acceptors (Lipinski definition) is 5. The van der Waals surface area contributed by atoms with Gasteiger partial charge in [-0.05, 0) is 24.7 Å². The Morgan fingerprint density at radius 2 is 2.21 bits per heavy atom. The molecule has 19 heavy (non-hydrogen) atoms. The van der Waals surface area contributed by atoms with E-state index in [-0.39, 0.29) is 11.6 Å². The lowest BCUT2D eigenvalue weighted by atomic mass is 10.2. The molecule has 0 aliphatic heterocycles. The fourth-order valence-electron chi connectivity index (χ4n) is 1.64. The van der Waals surface area contributed by atoms with Crippen LogP contribution in [-0.4, -0.2) is 30.4 Å². The predicted molar refractivity (Wildman–Crippen MR) is 74.1 cm³/mol. The molecule has 6 heteroatoms. The van der Waals surface area contributed by atoms with Gasteiger partial charge in [0.2, 0.25) is 0 Å². The van der Waals surface area contributed by atoms with E-state index in [9.17, 15) is 4.39 Å². The number of likely N-dealkylation sites (N-methyl/N-ethyl adjacent to an activating group) is 1. The lowest BCUT2D eigenvalue weighted by Gasteiger charge is -2.02. The summed E-state index contributed by atoms with van der Waals surface area (Å²) in [5.74, 6) is -0.148. The Hall–Kier alpha value is -1.53. The van der Waals surface area contributed by atoms with Crippen molar-refractivity contribution in [1.82, 2.24) is 15.5 Å². The highest BCUT2D eigenvalue weighted by molar-refractivity contribution is 7.14. The number of nitrogens with zero attached hydrogens (tertiary/aromatic N) is 2. The smallest absolute Gasteiger partial charge is 0.165 e. The van der Waals surface area contributed by atoms with Gasteiger partial charge < -0.3 is 10.1 Å². The first kappa shape index (κ1) is 13.9. The maximum Gasteiger partial charge on any atom is 0.165 e. The molecule has 1 aromatic carbocycles. The van der Waals surface area contributed by atoms with Gasteiger partial charge in [0.1, 0.15) is 10.0 Å². The number of hydrogen-bond donors (Lipinski definition) is 1. The van der Waals surface area contributed by atoms with E-state index in [1.54, 1.807) is 12.1 Å². The van der Waals surface area contributed by atoms with Gasteiger partial charge in [0.25, 0.3) is 0 Å². The van der Waals surface area contributed by atoms with Crippen molar-refractivity contribution in [2.75, 3.05) is 20.2 Å². The van der Waals surface area contributed by atoms with Crippen LogP contribution >= 0.6 is 11.3 Å². The number of methoxy groups -OCH3 is 1. The van der Waals surface area contributed by atoms with Gasteiger partial charge in [-0.25, -0.2) is 4.39 Å². The Kier molecular flexibility index (Phi) is 4.81. The van der Waals surface area contributed by atoms with Crippen molar-refractivity contribution in [1.29, 1.82) is 0 Å². The highest BCUT2D eigenvalue weighted by Crippen LogP contribution is 2.28. The third-order valence-corrected chi connectivity index (χ3v) is 3.66. The van der Waals surface area contributed by atoms with Gasteiger partial charge in [0, 0.05) is 18.5 Å². The van der Waals surface area contributed by atoms with Gasteiger partial charge in [0.05, 0.1) is 7.11 Å². The molecule has 1 aromatic heterocycles. The zero-order valence-corrected chi connectivity index (χ0v) is 11.8. The van der Waals surface area contributed by atoms with E-state index in [0.29, 0.717) is 0 Å². The van der Waals surface area contributed by atoms with Gasteiger partial charge >= 0.3 is 0 Å². The normalized spacial score (nSPS) is 10.7. The third-order valence-electron chi connectivity index (χ3n) is 2.63. The van der Waals surface area contributed by atoms with Crippen LogP contribution in [0.4, 0.5) is 4.39 Å². The van der Waals surface area contributed by atoms with Crippen LogP contribution in [0.5, 0.6) is 5.75 Å². The number of halogens is 1. The van der Waals surface area contributed by atoms with Crippen molar-refractivity contribution in [2.45, 2.75) is 13.3 Å². The summed E-state index contributed by atoms with van der Waals surface area (Å²) in [6, 6.07) is 4.71. The second-order valence-corrected chi connectivity index (χ2v) is 5.02. The quantitative estimate of drug-likeness (QED) is 0.826. The molecule has 1 N–H and O–H groups in total. The Morgan fingerprint density at radius 3 is 2.95 bits per heavy atom. The minimum absolute atomic E-state index is 0.224. The van der Waals surface area contributed by atoms with Crippen LogP contribution in [0.15, 0.2) is 18.2 Å². The molecule has 0 radical (unpaired) electrons. The molecule has 0 atom stereocenters. The SMILES string of the molecule is CCNCCc1nnc(-c2ccc(F)c(OC)c2)s1. The Morgan fingerprint density at radius 1 is 1.37 bits per heavy atom. The lowest BCUT2D eigenvalue weighted by molar-refractivity contribution is 0.387. The van der Waals surface area contributed by atoms with E-state index < -0.39 is 0 Å². The molecule has 0 unspecified atom stereocenters. The van der Waals surface area contributed by atoms with Gasteiger partial charge in [-0.3, -0.25) is 0 Å². The summed E-state index contributed by atoms with van der Waals surface area (Å²) >= 11 is 1.52. The van der Waals surface area contributed by atoms with Gasteiger partial charge in [-0.15, -0.1) is 10.2 Å². The van der Waals surface area contributed by atoms with Crippen LogP contribution in [0, 0.1) is 5.82 Å². The van der Waals surface area contributed by atoms with Crippen molar-refractivity contribution in [3.8, 4) is 16.3 Å². The molecule has 0 spiro atoms. The van der Waals surface area contributed by atoms with Crippen LogP contribution in [0.3, 0.4) is 0 Å². The number of nitrogens with one attached hydrogen (secondary N) is 1. The maximum atomic E-state index is 13.3. The standard InChI is InChI=1S/C13H16FN3OS/c1-3-15-7-6-12-16-17-13(19-12)9-4-5-10(14)11(8-9)18-2/h4-5,8,15H,3,6-7H2,1-2H3. The van der Waals surface area contributed by atoms with Crippen molar-refractivity contribution in [3.63, 3.8) is 0 Å². The largest absolute Gasteiger partial charge is 0.494 e. The minimum Gasteiger partial charge on any atom is -0.494 e. The molecule has 2 aromatic rings. The topological polar surface area (TPSA) is 47.0 Å². The van der Waals surface area contributed by atoms with Crippen LogP contribution in [0.25, 0.3) is 10.6 Å². The first-order valence-electron chi connectivity index (χ1n) is 6.11. The average molecular weight is 281 g/mol. The monoisotopic (exact) mass is 281 g/mol. The van der Waals surface area contributed by atoms with Gasteiger partial charge in [-0.1, -0.05) is 18.3 Å². The molecule has 0 bridgehead atoms. The number of aromatic nitrogens is 2. The molecule has 0 saturated heterocycles. The molecule has 1 heterocycles. The molecule has 2 rings (SSSR count). The molecule has 102 valence electrons. The Balaban J connectivity index is 2.13. The Bertz CT molecular complexity index is 544. The van der Waals surface area contributed by atoms with Crippen LogP contribution in [-0.2, 0) is 6.42 Å². The number of rotatable bonds is 6. The van der Waals surface area contributed by atoms with E-state index in [0.717, 1.165) is 35.1 Å². The van der Waals surface area contributed by atoms with E-state index in [1.165, 1.54) is 24.5 Å². The predicted octanol–water partition coefficient (Wildman–Crippen LogP) is 2.50. The van der Waals surface area contributed by atoms with Gasteiger partial charge in [-0.2, -0.15) is 0 Å². The number of benzene rings is 1. The van der Waals surface area contributed by atoms with E-state index in [4.69, 9.17) is 4.74 Å². The first-order chi connectivity index (χ1) is 9.24. The summed E-state index contributed by atoms with van der Waals surface area (Å²) in [5.41, 5.74) is 0.824.